The van der Waals surface area contributed by atoms with Gasteiger partial charge >= 0.3 is 0 Å². The lowest BCUT2D eigenvalue weighted by atomic mass is 10.2. The number of halogens is 2. The molecule has 0 spiro atoms. The standard InChI is InChI=1S/C13H6BrFN2O3/c14-9-2-4-11(15)13(5-9)20-10-3-1-8(7-16)12(6-10)17(18)19/h1-6H. The summed E-state index contributed by atoms with van der Waals surface area (Å²) in [6.07, 6.45) is 0. The monoisotopic (exact) mass is 336 g/mol. The maximum absolute atomic E-state index is 13.5. The van der Waals surface area contributed by atoms with Crippen molar-refractivity contribution in [1.82, 2.24) is 0 Å². The van der Waals surface area contributed by atoms with Crippen molar-refractivity contribution in [2.75, 3.05) is 0 Å². The molecule has 0 aliphatic rings. The fourth-order valence-electron chi connectivity index (χ4n) is 1.50. The van der Waals surface area contributed by atoms with Crippen molar-refractivity contribution in [1.29, 1.82) is 5.26 Å². The largest absolute Gasteiger partial charge is 0.454 e. The number of nitriles is 1. The van der Waals surface area contributed by atoms with Gasteiger partial charge in [-0.05, 0) is 30.3 Å². The first-order valence-corrected chi connectivity index (χ1v) is 6.12. The van der Waals surface area contributed by atoms with Gasteiger partial charge in [0.2, 0.25) is 0 Å². The van der Waals surface area contributed by atoms with E-state index in [1.807, 2.05) is 0 Å². The van der Waals surface area contributed by atoms with Crippen LogP contribution in [0.5, 0.6) is 11.5 Å². The van der Waals surface area contributed by atoms with Crippen LogP contribution in [-0.2, 0) is 0 Å². The molecule has 100 valence electrons. The van der Waals surface area contributed by atoms with E-state index < -0.39 is 10.7 Å². The number of rotatable bonds is 3. The molecule has 0 aromatic heterocycles. The molecule has 20 heavy (non-hydrogen) atoms. The summed E-state index contributed by atoms with van der Waals surface area (Å²) in [4.78, 5) is 10.1. The van der Waals surface area contributed by atoms with Gasteiger partial charge in [0.05, 0.1) is 11.0 Å². The van der Waals surface area contributed by atoms with Crippen molar-refractivity contribution in [2.24, 2.45) is 0 Å². The average molecular weight is 337 g/mol. The van der Waals surface area contributed by atoms with E-state index in [9.17, 15) is 14.5 Å². The van der Waals surface area contributed by atoms with E-state index in [1.54, 1.807) is 6.07 Å². The van der Waals surface area contributed by atoms with Crippen LogP contribution in [0.4, 0.5) is 10.1 Å². The number of nitro groups is 1. The smallest absolute Gasteiger partial charge is 0.290 e. The highest BCUT2D eigenvalue weighted by atomic mass is 79.9. The van der Waals surface area contributed by atoms with E-state index in [-0.39, 0.29) is 22.7 Å². The summed E-state index contributed by atoms with van der Waals surface area (Å²) < 4.78 is 19.4. The minimum Gasteiger partial charge on any atom is -0.454 e. The van der Waals surface area contributed by atoms with Gasteiger partial charge in [-0.2, -0.15) is 5.26 Å². The summed E-state index contributed by atoms with van der Waals surface area (Å²) >= 11 is 3.17. The lowest BCUT2D eigenvalue weighted by molar-refractivity contribution is -0.385. The maximum Gasteiger partial charge on any atom is 0.290 e. The summed E-state index contributed by atoms with van der Waals surface area (Å²) in [6.45, 7) is 0. The molecule has 0 radical (unpaired) electrons. The van der Waals surface area contributed by atoms with Crippen molar-refractivity contribution in [3.05, 3.63) is 62.4 Å². The molecule has 2 rings (SSSR count). The topological polar surface area (TPSA) is 76.2 Å². The molecule has 0 unspecified atom stereocenters. The van der Waals surface area contributed by atoms with Crippen LogP contribution < -0.4 is 4.74 Å². The Morgan fingerprint density at radius 2 is 2.05 bits per heavy atom. The SMILES string of the molecule is N#Cc1ccc(Oc2cc(Br)ccc2F)cc1[N+](=O)[O-]. The number of benzene rings is 2. The molecule has 0 atom stereocenters. The van der Waals surface area contributed by atoms with E-state index in [2.05, 4.69) is 15.9 Å². The summed E-state index contributed by atoms with van der Waals surface area (Å²) in [7, 11) is 0. The molecule has 0 fully saturated rings. The van der Waals surface area contributed by atoms with Gasteiger partial charge in [0, 0.05) is 4.47 Å². The Hall–Kier alpha value is -2.46. The number of hydrogen-bond acceptors (Lipinski definition) is 4. The number of ether oxygens (including phenoxy) is 1. The van der Waals surface area contributed by atoms with Gasteiger partial charge in [0.15, 0.2) is 11.6 Å². The van der Waals surface area contributed by atoms with Gasteiger partial charge in [0.25, 0.3) is 5.69 Å². The van der Waals surface area contributed by atoms with E-state index in [1.165, 1.54) is 30.3 Å². The van der Waals surface area contributed by atoms with Crippen molar-refractivity contribution >= 4 is 21.6 Å². The highest BCUT2D eigenvalue weighted by molar-refractivity contribution is 9.10. The average Bonchev–Trinajstić information content (AvgIpc) is 2.42. The molecule has 0 N–H and O–H groups in total. The predicted octanol–water partition coefficient (Wildman–Crippen LogP) is 4.16. The Morgan fingerprint density at radius 3 is 2.70 bits per heavy atom. The third-order valence-electron chi connectivity index (χ3n) is 2.41. The van der Waals surface area contributed by atoms with Crippen molar-refractivity contribution in [3.63, 3.8) is 0 Å². The Bertz CT molecular complexity index is 728. The quantitative estimate of drug-likeness (QED) is 0.622. The van der Waals surface area contributed by atoms with Crippen LogP contribution in [0.2, 0.25) is 0 Å². The molecular formula is C13H6BrFN2O3. The zero-order valence-electron chi connectivity index (χ0n) is 9.84. The summed E-state index contributed by atoms with van der Waals surface area (Å²) in [5, 5.41) is 19.6. The number of nitro benzene ring substituents is 1. The lowest BCUT2D eigenvalue weighted by Gasteiger charge is -2.07. The minimum atomic E-state index is -0.692. The van der Waals surface area contributed by atoms with Gasteiger partial charge in [-0.3, -0.25) is 10.1 Å². The molecule has 2 aromatic carbocycles. The lowest BCUT2D eigenvalue weighted by Crippen LogP contribution is -1.94. The summed E-state index contributed by atoms with van der Waals surface area (Å²) in [5.74, 6) is -0.591. The van der Waals surface area contributed by atoms with Crippen LogP contribution in [0, 0.1) is 27.3 Å². The van der Waals surface area contributed by atoms with Crippen LogP contribution >= 0.6 is 15.9 Å². The van der Waals surface area contributed by atoms with Gasteiger partial charge in [-0.25, -0.2) is 4.39 Å². The molecule has 0 aliphatic heterocycles. The maximum atomic E-state index is 13.5. The molecule has 0 amide bonds. The van der Waals surface area contributed by atoms with E-state index >= 15 is 0 Å². The van der Waals surface area contributed by atoms with Gasteiger partial charge < -0.3 is 4.74 Å². The second-order valence-electron chi connectivity index (χ2n) is 3.72. The van der Waals surface area contributed by atoms with E-state index in [0.717, 1.165) is 6.07 Å². The second kappa shape index (κ2) is 5.67. The Morgan fingerprint density at radius 1 is 1.30 bits per heavy atom. The molecule has 2 aromatic rings. The molecular weight excluding hydrogens is 331 g/mol. The minimum absolute atomic E-state index is 0.0709. The Kier molecular flexibility index (Phi) is 3.96. The van der Waals surface area contributed by atoms with Gasteiger partial charge in [-0.15, -0.1) is 0 Å². The summed E-state index contributed by atoms with van der Waals surface area (Å²) in [5.41, 5.74) is -0.475. The molecule has 0 bridgehead atoms. The third-order valence-corrected chi connectivity index (χ3v) is 2.90. The first-order valence-electron chi connectivity index (χ1n) is 5.32. The first kappa shape index (κ1) is 14.0. The highest BCUT2D eigenvalue weighted by Gasteiger charge is 2.16. The van der Waals surface area contributed by atoms with Crippen molar-refractivity contribution in [3.8, 4) is 17.6 Å². The predicted molar refractivity (Wildman–Crippen MR) is 72.0 cm³/mol. The second-order valence-corrected chi connectivity index (χ2v) is 4.64. The molecule has 0 saturated heterocycles. The molecule has 0 heterocycles. The van der Waals surface area contributed by atoms with Crippen LogP contribution in [0.15, 0.2) is 40.9 Å². The zero-order chi connectivity index (χ0) is 14.7. The number of nitrogens with zero attached hydrogens (tertiary/aromatic N) is 2. The van der Waals surface area contributed by atoms with E-state index in [0.29, 0.717) is 4.47 Å². The zero-order valence-corrected chi connectivity index (χ0v) is 11.4. The van der Waals surface area contributed by atoms with Crippen LogP contribution in [0.1, 0.15) is 5.56 Å². The Balaban J connectivity index is 2.40. The van der Waals surface area contributed by atoms with Gasteiger partial charge in [0.1, 0.15) is 17.4 Å². The number of hydrogen-bond donors (Lipinski definition) is 0. The van der Waals surface area contributed by atoms with Crippen LogP contribution in [-0.4, -0.2) is 4.92 Å². The normalized spacial score (nSPS) is 9.85. The Labute approximate surface area is 121 Å². The fraction of sp³-hybridized carbons (Fsp3) is 0. The van der Waals surface area contributed by atoms with Crippen molar-refractivity contribution < 1.29 is 14.1 Å². The van der Waals surface area contributed by atoms with E-state index in [4.69, 9.17) is 10.00 Å². The van der Waals surface area contributed by atoms with Crippen molar-refractivity contribution in [2.45, 2.75) is 0 Å². The molecule has 0 aliphatic carbocycles. The molecule has 5 nitrogen and oxygen atoms in total. The summed E-state index contributed by atoms with van der Waals surface area (Å²) in [6, 6.07) is 9.52. The van der Waals surface area contributed by atoms with Crippen LogP contribution in [0.3, 0.4) is 0 Å². The highest BCUT2D eigenvalue weighted by Crippen LogP contribution is 2.30. The fourth-order valence-corrected chi connectivity index (χ4v) is 1.84. The molecule has 0 saturated carbocycles. The third kappa shape index (κ3) is 2.92. The molecule has 7 heteroatoms. The first-order chi connectivity index (χ1) is 9.51. The van der Waals surface area contributed by atoms with Gasteiger partial charge in [-0.1, -0.05) is 15.9 Å². The van der Waals surface area contributed by atoms with Crippen LogP contribution in [0.25, 0.3) is 0 Å².